The van der Waals surface area contributed by atoms with Gasteiger partial charge in [0, 0.05) is 17.0 Å². The minimum atomic E-state index is -0.925. The third-order valence-electron chi connectivity index (χ3n) is 4.99. The van der Waals surface area contributed by atoms with E-state index in [-0.39, 0.29) is 12.6 Å². The van der Waals surface area contributed by atoms with Gasteiger partial charge in [0.1, 0.15) is 5.76 Å². The van der Waals surface area contributed by atoms with Crippen LogP contribution in [-0.4, -0.2) is 29.2 Å². The van der Waals surface area contributed by atoms with Crippen LogP contribution in [-0.2, 0) is 11.3 Å². The molecule has 0 bridgehead atoms. The molecular formula is C22H21NO6. The molecule has 1 aliphatic rings. The Morgan fingerprint density at radius 3 is 2.69 bits per heavy atom. The Morgan fingerprint density at radius 1 is 1.14 bits per heavy atom. The van der Waals surface area contributed by atoms with Gasteiger partial charge < -0.3 is 23.2 Å². The van der Waals surface area contributed by atoms with E-state index in [9.17, 15) is 9.59 Å². The van der Waals surface area contributed by atoms with Gasteiger partial charge in [0.25, 0.3) is 0 Å². The summed E-state index contributed by atoms with van der Waals surface area (Å²) < 4.78 is 23.3. The number of aryl methyl sites for hydroxylation is 1. The summed E-state index contributed by atoms with van der Waals surface area (Å²) in [5.74, 6) is 1.02. The quantitative estimate of drug-likeness (QED) is 0.465. The second kappa shape index (κ2) is 7.50. The maximum Gasteiger partial charge on any atom is 0.338 e. The van der Waals surface area contributed by atoms with Crippen LogP contribution in [0.15, 0.2) is 47.1 Å². The van der Waals surface area contributed by atoms with Crippen molar-refractivity contribution in [3.63, 3.8) is 0 Å². The lowest BCUT2D eigenvalue weighted by Gasteiger charge is -2.13. The summed E-state index contributed by atoms with van der Waals surface area (Å²) in [6.45, 7) is 6.02. The average molecular weight is 395 g/mol. The molecule has 0 radical (unpaired) electrons. The monoisotopic (exact) mass is 395 g/mol. The predicted octanol–water partition coefficient (Wildman–Crippen LogP) is 3.90. The molecule has 0 saturated carbocycles. The zero-order valence-electron chi connectivity index (χ0n) is 16.4. The number of hydrogen-bond donors (Lipinski definition) is 0. The number of ether oxygens (including phenoxy) is 3. The lowest BCUT2D eigenvalue weighted by molar-refractivity contribution is 0.0318. The van der Waals surface area contributed by atoms with E-state index in [0.29, 0.717) is 29.2 Å². The van der Waals surface area contributed by atoms with E-state index >= 15 is 0 Å². The zero-order valence-corrected chi connectivity index (χ0v) is 16.4. The molecular weight excluding hydrogens is 374 g/mol. The average Bonchev–Trinajstić information content (AvgIpc) is 3.44. The van der Waals surface area contributed by atoms with Gasteiger partial charge in [-0.3, -0.25) is 4.79 Å². The second-order valence-electron chi connectivity index (χ2n) is 6.93. The smallest absolute Gasteiger partial charge is 0.338 e. The number of fused-ring (bicyclic) bond motifs is 1. The van der Waals surface area contributed by atoms with Gasteiger partial charge in [-0.2, -0.15) is 0 Å². The Balaban J connectivity index is 1.48. The number of rotatable bonds is 6. The van der Waals surface area contributed by atoms with Crippen molar-refractivity contribution in [3.05, 3.63) is 70.9 Å². The van der Waals surface area contributed by atoms with Crippen LogP contribution in [0.3, 0.4) is 0 Å². The molecule has 0 spiro atoms. The molecule has 150 valence electrons. The second-order valence-corrected chi connectivity index (χ2v) is 6.93. The fourth-order valence-electron chi connectivity index (χ4n) is 3.38. The predicted molar refractivity (Wildman–Crippen MR) is 103 cm³/mol. The first kappa shape index (κ1) is 18.9. The van der Waals surface area contributed by atoms with Gasteiger partial charge in [0.05, 0.1) is 18.4 Å². The van der Waals surface area contributed by atoms with E-state index in [1.165, 1.54) is 0 Å². The lowest BCUT2D eigenvalue weighted by atomic mass is 10.1. The van der Waals surface area contributed by atoms with Gasteiger partial charge in [-0.1, -0.05) is 0 Å². The van der Waals surface area contributed by atoms with Crippen molar-refractivity contribution in [3.8, 4) is 11.5 Å². The Kier molecular flexibility index (Phi) is 4.88. The molecule has 0 unspecified atom stereocenters. The number of aromatic nitrogens is 1. The first-order valence-electron chi connectivity index (χ1n) is 9.28. The summed E-state index contributed by atoms with van der Waals surface area (Å²) in [6, 6.07) is 10.3. The van der Waals surface area contributed by atoms with Crippen LogP contribution < -0.4 is 9.47 Å². The molecule has 0 amide bonds. The van der Waals surface area contributed by atoms with Crippen molar-refractivity contribution in [1.82, 2.24) is 4.57 Å². The van der Waals surface area contributed by atoms with Crippen molar-refractivity contribution in [1.29, 1.82) is 0 Å². The van der Waals surface area contributed by atoms with Crippen molar-refractivity contribution < 1.29 is 28.2 Å². The molecule has 4 rings (SSSR count). The van der Waals surface area contributed by atoms with E-state index in [0.717, 1.165) is 17.1 Å². The van der Waals surface area contributed by atoms with E-state index in [2.05, 4.69) is 0 Å². The number of hydrogen-bond acceptors (Lipinski definition) is 6. The van der Waals surface area contributed by atoms with E-state index in [1.54, 1.807) is 31.4 Å². The van der Waals surface area contributed by atoms with Gasteiger partial charge in [-0.05, 0) is 57.2 Å². The zero-order chi connectivity index (χ0) is 20.5. The van der Waals surface area contributed by atoms with Crippen molar-refractivity contribution >= 4 is 11.8 Å². The SMILES string of the molecule is Cc1cc(C(=O)[C@@H](C)OC(=O)c2ccc3c(c2)OCO3)c(C)n1Cc1ccco1. The van der Waals surface area contributed by atoms with Gasteiger partial charge >= 0.3 is 5.97 Å². The maximum atomic E-state index is 12.9. The van der Waals surface area contributed by atoms with Gasteiger partial charge in [0.15, 0.2) is 17.6 Å². The molecule has 0 fully saturated rings. The topological polar surface area (TPSA) is 79.9 Å². The van der Waals surface area contributed by atoms with E-state index in [1.807, 2.05) is 36.6 Å². The van der Waals surface area contributed by atoms with E-state index in [4.69, 9.17) is 18.6 Å². The molecule has 1 atom stereocenters. The van der Waals surface area contributed by atoms with Crippen LogP contribution in [0.4, 0.5) is 0 Å². The summed E-state index contributed by atoms with van der Waals surface area (Å²) in [4.78, 5) is 25.4. The highest BCUT2D eigenvalue weighted by Crippen LogP contribution is 2.32. The molecule has 0 saturated heterocycles. The number of nitrogens with zero attached hydrogens (tertiary/aromatic N) is 1. The van der Waals surface area contributed by atoms with Crippen LogP contribution in [0.2, 0.25) is 0 Å². The molecule has 0 N–H and O–H groups in total. The highest BCUT2D eigenvalue weighted by Gasteiger charge is 2.25. The standard InChI is InChI=1S/C22H21NO6/c1-13-9-18(14(2)23(13)11-17-5-4-8-26-17)21(24)15(3)29-22(25)16-6-7-19-20(10-16)28-12-27-19/h4-10,15H,11-12H2,1-3H3/t15-/m1/s1. The normalized spacial score (nSPS) is 13.3. The largest absolute Gasteiger partial charge is 0.467 e. The number of esters is 1. The third-order valence-corrected chi connectivity index (χ3v) is 4.99. The third kappa shape index (κ3) is 3.63. The molecule has 3 heterocycles. The minimum Gasteiger partial charge on any atom is -0.467 e. The number of Topliss-reactive ketones (excluding diaryl/α,β-unsaturated/α-hetero) is 1. The molecule has 29 heavy (non-hydrogen) atoms. The summed E-state index contributed by atoms with van der Waals surface area (Å²) in [7, 11) is 0. The Bertz CT molecular complexity index is 1060. The summed E-state index contributed by atoms with van der Waals surface area (Å²) in [6.07, 6.45) is 0.693. The number of carbonyl (C=O) groups is 2. The van der Waals surface area contributed by atoms with Crippen molar-refractivity contribution in [2.45, 2.75) is 33.4 Å². The Hall–Kier alpha value is -3.48. The fourth-order valence-corrected chi connectivity index (χ4v) is 3.38. The van der Waals surface area contributed by atoms with Gasteiger partial charge in [-0.25, -0.2) is 4.79 Å². The molecule has 1 aliphatic heterocycles. The molecule has 3 aromatic rings. The van der Waals surface area contributed by atoms with Crippen LogP contribution >= 0.6 is 0 Å². The number of furan rings is 1. The highest BCUT2D eigenvalue weighted by molar-refractivity contribution is 6.02. The fraction of sp³-hybridized carbons (Fsp3) is 0.273. The molecule has 2 aromatic heterocycles. The minimum absolute atomic E-state index is 0.121. The van der Waals surface area contributed by atoms with Crippen LogP contribution in [0.5, 0.6) is 11.5 Å². The molecule has 1 aromatic carbocycles. The van der Waals surface area contributed by atoms with Crippen LogP contribution in [0.25, 0.3) is 0 Å². The molecule has 0 aliphatic carbocycles. The first-order valence-corrected chi connectivity index (χ1v) is 9.28. The van der Waals surface area contributed by atoms with Gasteiger partial charge in [-0.15, -0.1) is 0 Å². The van der Waals surface area contributed by atoms with Crippen molar-refractivity contribution in [2.75, 3.05) is 6.79 Å². The number of carbonyl (C=O) groups excluding carboxylic acids is 2. The van der Waals surface area contributed by atoms with Gasteiger partial charge in [0.2, 0.25) is 12.6 Å². The summed E-state index contributed by atoms with van der Waals surface area (Å²) >= 11 is 0. The van der Waals surface area contributed by atoms with Crippen LogP contribution in [0.1, 0.15) is 44.8 Å². The Morgan fingerprint density at radius 2 is 1.93 bits per heavy atom. The van der Waals surface area contributed by atoms with Crippen molar-refractivity contribution in [2.24, 2.45) is 0 Å². The molecule has 7 nitrogen and oxygen atoms in total. The maximum absolute atomic E-state index is 12.9. The van der Waals surface area contributed by atoms with Crippen LogP contribution in [0, 0.1) is 13.8 Å². The summed E-state index contributed by atoms with van der Waals surface area (Å²) in [5, 5.41) is 0. The lowest BCUT2D eigenvalue weighted by Crippen LogP contribution is -2.25. The molecule has 7 heteroatoms. The number of ketones is 1. The summed E-state index contributed by atoms with van der Waals surface area (Å²) in [5.41, 5.74) is 2.56. The first-order chi connectivity index (χ1) is 13.9. The highest BCUT2D eigenvalue weighted by atomic mass is 16.7. The number of benzene rings is 1. The van der Waals surface area contributed by atoms with E-state index < -0.39 is 12.1 Å². The Labute approximate surface area is 167 Å².